The number of halogens is 1. The van der Waals surface area contributed by atoms with E-state index in [1.807, 2.05) is 0 Å². The van der Waals surface area contributed by atoms with Gasteiger partial charge >= 0.3 is 0 Å². The first kappa shape index (κ1) is 12.5. The van der Waals surface area contributed by atoms with Gasteiger partial charge in [-0.1, -0.05) is 18.7 Å². The van der Waals surface area contributed by atoms with Gasteiger partial charge in [-0.2, -0.15) is 15.0 Å². The lowest BCUT2D eigenvalue weighted by Gasteiger charge is -2.04. The molecule has 0 unspecified atom stereocenters. The number of hydrogen-bond donors (Lipinski definition) is 2. The molecule has 0 aromatic carbocycles. The minimum atomic E-state index is 0.0890. The molecular weight excluding hydrogens is 236 g/mol. The number of nitrogens with one attached hydrogen (secondary N) is 1. The van der Waals surface area contributed by atoms with Gasteiger partial charge in [0.05, 0.1) is 6.61 Å². The summed E-state index contributed by atoms with van der Waals surface area (Å²) >= 11 is 7.08. The fourth-order valence-corrected chi connectivity index (χ4v) is 1.64. The molecule has 1 aromatic rings. The Morgan fingerprint density at radius 3 is 2.87 bits per heavy atom. The smallest absolute Gasteiger partial charge is 0.228 e. The van der Waals surface area contributed by atoms with Crippen LogP contribution < -0.4 is 5.32 Å². The van der Waals surface area contributed by atoms with Gasteiger partial charge in [0, 0.05) is 12.3 Å². The van der Waals surface area contributed by atoms with E-state index in [-0.39, 0.29) is 11.9 Å². The summed E-state index contributed by atoms with van der Waals surface area (Å²) in [6.45, 7) is 2.94. The molecule has 0 atom stereocenters. The van der Waals surface area contributed by atoms with Gasteiger partial charge in [0.2, 0.25) is 11.2 Å². The van der Waals surface area contributed by atoms with Crippen molar-refractivity contribution in [1.29, 1.82) is 0 Å². The van der Waals surface area contributed by atoms with Crippen molar-refractivity contribution in [2.75, 3.05) is 24.2 Å². The molecule has 84 valence electrons. The van der Waals surface area contributed by atoms with E-state index in [1.165, 1.54) is 11.8 Å². The van der Waals surface area contributed by atoms with Crippen molar-refractivity contribution >= 4 is 29.3 Å². The molecule has 0 spiro atoms. The summed E-state index contributed by atoms with van der Waals surface area (Å²) in [6, 6.07) is 0. The number of thioether (sulfide) groups is 1. The lowest BCUT2D eigenvalue weighted by Crippen LogP contribution is -2.06. The van der Waals surface area contributed by atoms with Crippen LogP contribution in [0.1, 0.15) is 13.3 Å². The van der Waals surface area contributed by atoms with E-state index in [1.54, 1.807) is 0 Å². The van der Waals surface area contributed by atoms with Gasteiger partial charge in [-0.05, 0) is 18.0 Å². The van der Waals surface area contributed by atoms with Crippen molar-refractivity contribution in [3.8, 4) is 0 Å². The number of anilines is 1. The lowest BCUT2D eigenvalue weighted by molar-refractivity contribution is 0.322. The highest BCUT2D eigenvalue weighted by atomic mass is 35.5. The fourth-order valence-electron chi connectivity index (χ4n) is 0.849. The molecular formula is C8H13ClN4OS. The molecule has 7 heteroatoms. The Bertz CT molecular complexity index is 286. The number of aromatic nitrogens is 3. The molecule has 0 fully saturated rings. The van der Waals surface area contributed by atoms with Crippen LogP contribution in [0.25, 0.3) is 0 Å². The molecule has 0 bridgehead atoms. The van der Waals surface area contributed by atoms with Gasteiger partial charge in [0.25, 0.3) is 0 Å². The zero-order valence-corrected chi connectivity index (χ0v) is 9.98. The van der Waals surface area contributed by atoms with Crippen LogP contribution in [0.3, 0.4) is 0 Å². The summed E-state index contributed by atoms with van der Waals surface area (Å²) in [7, 11) is 0. The Balaban J connectivity index is 2.66. The maximum absolute atomic E-state index is 8.67. The fraction of sp³-hybridized carbons (Fsp3) is 0.625. The topological polar surface area (TPSA) is 70.9 Å². The molecule has 15 heavy (non-hydrogen) atoms. The Hall–Kier alpha value is -0.590. The second-order valence-electron chi connectivity index (χ2n) is 2.71. The SMILES string of the molecule is CCCNc1nc(Cl)nc(SCCO)n1. The largest absolute Gasteiger partial charge is 0.396 e. The molecule has 1 rings (SSSR count). The van der Waals surface area contributed by atoms with Crippen LogP contribution in [0.15, 0.2) is 5.16 Å². The van der Waals surface area contributed by atoms with Crippen molar-refractivity contribution in [3.05, 3.63) is 5.28 Å². The van der Waals surface area contributed by atoms with E-state index in [4.69, 9.17) is 16.7 Å². The van der Waals surface area contributed by atoms with Crippen LogP contribution in [-0.4, -0.2) is 39.0 Å². The molecule has 0 radical (unpaired) electrons. The molecule has 0 saturated carbocycles. The van der Waals surface area contributed by atoms with E-state index < -0.39 is 0 Å². The van der Waals surface area contributed by atoms with E-state index in [0.29, 0.717) is 16.9 Å². The second-order valence-corrected chi connectivity index (χ2v) is 4.11. The first-order valence-electron chi connectivity index (χ1n) is 4.65. The minimum absolute atomic E-state index is 0.0890. The standard InChI is InChI=1S/C8H13ClN4OS/c1-2-3-10-7-11-6(9)12-8(13-7)15-5-4-14/h14H,2-5H2,1H3,(H,10,11,12,13). The van der Waals surface area contributed by atoms with Crippen LogP contribution in [0.2, 0.25) is 5.28 Å². The predicted molar refractivity (Wildman–Crippen MR) is 61.4 cm³/mol. The Morgan fingerprint density at radius 2 is 2.20 bits per heavy atom. The molecule has 5 nitrogen and oxygen atoms in total. The van der Waals surface area contributed by atoms with Gasteiger partial charge in [-0.3, -0.25) is 0 Å². The van der Waals surface area contributed by atoms with E-state index in [2.05, 4.69) is 27.2 Å². The molecule has 0 aliphatic carbocycles. The van der Waals surface area contributed by atoms with Crippen molar-refractivity contribution in [3.63, 3.8) is 0 Å². The molecule has 0 amide bonds. The third-order valence-electron chi connectivity index (χ3n) is 1.44. The summed E-state index contributed by atoms with van der Waals surface area (Å²) < 4.78 is 0. The normalized spacial score (nSPS) is 10.3. The highest BCUT2D eigenvalue weighted by Gasteiger charge is 2.04. The van der Waals surface area contributed by atoms with E-state index in [9.17, 15) is 0 Å². The predicted octanol–water partition coefficient (Wildman–Crippen LogP) is 1.43. The van der Waals surface area contributed by atoms with Crippen LogP contribution >= 0.6 is 23.4 Å². The molecule has 0 aliphatic rings. The first-order valence-corrected chi connectivity index (χ1v) is 6.01. The number of nitrogens with zero attached hydrogens (tertiary/aromatic N) is 3. The summed E-state index contributed by atoms with van der Waals surface area (Å²) in [4.78, 5) is 12.0. The summed E-state index contributed by atoms with van der Waals surface area (Å²) in [6.07, 6.45) is 0.989. The summed E-state index contributed by atoms with van der Waals surface area (Å²) in [5.41, 5.74) is 0. The van der Waals surface area contributed by atoms with E-state index in [0.717, 1.165) is 13.0 Å². The van der Waals surface area contributed by atoms with Crippen LogP contribution in [0, 0.1) is 0 Å². The quantitative estimate of drug-likeness (QED) is 0.743. The highest BCUT2D eigenvalue weighted by Crippen LogP contribution is 2.15. The number of aliphatic hydroxyl groups is 1. The number of rotatable bonds is 6. The Labute approximate surface area is 97.7 Å². The lowest BCUT2D eigenvalue weighted by atomic mass is 10.5. The Kier molecular flexibility index (Phi) is 5.67. The molecule has 2 N–H and O–H groups in total. The third-order valence-corrected chi connectivity index (χ3v) is 2.44. The molecule has 1 heterocycles. The van der Waals surface area contributed by atoms with Crippen molar-refractivity contribution in [1.82, 2.24) is 15.0 Å². The van der Waals surface area contributed by atoms with Gasteiger partial charge in [-0.15, -0.1) is 0 Å². The third kappa shape index (κ3) is 4.63. The second kappa shape index (κ2) is 6.81. The van der Waals surface area contributed by atoms with Crippen molar-refractivity contribution in [2.45, 2.75) is 18.5 Å². The molecule has 1 aromatic heterocycles. The van der Waals surface area contributed by atoms with E-state index >= 15 is 0 Å². The van der Waals surface area contributed by atoms with Crippen LogP contribution in [-0.2, 0) is 0 Å². The summed E-state index contributed by atoms with van der Waals surface area (Å²) in [5, 5.41) is 12.4. The van der Waals surface area contributed by atoms with Gasteiger partial charge < -0.3 is 10.4 Å². The minimum Gasteiger partial charge on any atom is -0.396 e. The van der Waals surface area contributed by atoms with Crippen molar-refractivity contribution < 1.29 is 5.11 Å². The Morgan fingerprint density at radius 1 is 1.40 bits per heavy atom. The zero-order valence-electron chi connectivity index (χ0n) is 8.40. The zero-order chi connectivity index (χ0) is 11.1. The monoisotopic (exact) mass is 248 g/mol. The highest BCUT2D eigenvalue weighted by molar-refractivity contribution is 7.99. The maximum atomic E-state index is 8.67. The average molecular weight is 249 g/mol. The van der Waals surface area contributed by atoms with Crippen LogP contribution in [0.5, 0.6) is 0 Å². The molecule has 0 aliphatic heterocycles. The first-order chi connectivity index (χ1) is 7.26. The van der Waals surface area contributed by atoms with Crippen LogP contribution in [0.4, 0.5) is 5.95 Å². The number of hydrogen-bond acceptors (Lipinski definition) is 6. The van der Waals surface area contributed by atoms with Gasteiger partial charge in [-0.25, -0.2) is 0 Å². The average Bonchev–Trinajstić information content (AvgIpc) is 2.23. The summed E-state index contributed by atoms with van der Waals surface area (Å²) in [5.74, 6) is 1.03. The van der Waals surface area contributed by atoms with Gasteiger partial charge in [0.1, 0.15) is 0 Å². The van der Waals surface area contributed by atoms with Gasteiger partial charge in [0.15, 0.2) is 5.16 Å². The molecule has 0 saturated heterocycles. The van der Waals surface area contributed by atoms with Crippen molar-refractivity contribution in [2.24, 2.45) is 0 Å². The maximum Gasteiger partial charge on any atom is 0.228 e. The number of aliphatic hydroxyl groups excluding tert-OH is 1.